The second kappa shape index (κ2) is 11.3. The molecule has 3 aromatic carbocycles. The van der Waals surface area contributed by atoms with Crippen molar-refractivity contribution >= 4 is 31.6 Å². The molecule has 0 bridgehead atoms. The topological polar surface area (TPSA) is 113 Å². The van der Waals surface area contributed by atoms with Crippen LogP contribution in [0, 0.1) is 27.7 Å². The normalized spacial score (nSPS) is 18.6. The van der Waals surface area contributed by atoms with E-state index >= 15 is 0 Å². The van der Waals surface area contributed by atoms with E-state index < -0.39 is 32.0 Å². The minimum Gasteiger partial charge on any atom is -0.379 e. The third-order valence-corrected chi connectivity index (χ3v) is 12.1. The summed E-state index contributed by atoms with van der Waals surface area (Å²) >= 11 is 0. The number of nitrogens with zero attached hydrogens (tertiary/aromatic N) is 2. The van der Waals surface area contributed by atoms with Crippen LogP contribution >= 0.6 is 0 Å². The average Bonchev–Trinajstić information content (AvgIpc) is 2.96. The van der Waals surface area contributed by atoms with E-state index in [1.54, 1.807) is 26.0 Å². The molecular weight excluding hydrogens is 562 g/mol. The van der Waals surface area contributed by atoms with E-state index in [2.05, 4.69) is 5.32 Å². The molecule has 11 heteroatoms. The van der Waals surface area contributed by atoms with Crippen LogP contribution in [-0.2, 0) is 42.5 Å². The molecular formula is C30H35N3O6S2. The summed E-state index contributed by atoms with van der Waals surface area (Å²) in [7, 11) is -7.86. The predicted molar refractivity (Wildman–Crippen MR) is 157 cm³/mol. The summed E-state index contributed by atoms with van der Waals surface area (Å²) in [5.74, 6) is -0.524. The van der Waals surface area contributed by atoms with Gasteiger partial charge in [-0.2, -0.15) is 8.61 Å². The number of amides is 1. The number of anilines is 1. The lowest BCUT2D eigenvalue weighted by molar-refractivity contribution is -0.120. The third-order valence-electron chi connectivity index (χ3n) is 8.08. The van der Waals surface area contributed by atoms with Gasteiger partial charge in [-0.1, -0.05) is 36.4 Å². The van der Waals surface area contributed by atoms with Crippen LogP contribution in [0.1, 0.15) is 33.4 Å². The smallest absolute Gasteiger partial charge is 0.244 e. The molecule has 0 aliphatic carbocycles. The van der Waals surface area contributed by atoms with E-state index in [9.17, 15) is 21.6 Å². The Morgan fingerprint density at radius 1 is 0.829 bits per heavy atom. The van der Waals surface area contributed by atoms with Crippen LogP contribution in [0.4, 0.5) is 5.69 Å². The van der Waals surface area contributed by atoms with Gasteiger partial charge in [0.25, 0.3) is 0 Å². The van der Waals surface area contributed by atoms with E-state index in [0.717, 1.165) is 22.3 Å². The van der Waals surface area contributed by atoms with Gasteiger partial charge in [0.1, 0.15) is 6.04 Å². The van der Waals surface area contributed by atoms with Gasteiger partial charge in [0, 0.05) is 25.3 Å². The number of ether oxygens (including phenoxy) is 1. The highest BCUT2D eigenvalue weighted by Gasteiger charge is 2.41. The Hall–Kier alpha value is -3.09. The number of sulfonamides is 2. The van der Waals surface area contributed by atoms with Crippen LogP contribution in [0.2, 0.25) is 0 Å². The van der Waals surface area contributed by atoms with E-state index in [4.69, 9.17) is 4.74 Å². The fourth-order valence-electron chi connectivity index (χ4n) is 5.56. The quantitative estimate of drug-likeness (QED) is 0.464. The average molecular weight is 598 g/mol. The van der Waals surface area contributed by atoms with Crippen molar-refractivity contribution in [2.75, 3.05) is 31.6 Å². The SMILES string of the molecule is Cc1cc(C)c(C)c(S(=O)(=O)N2Cc3ccccc3C[C@H]2C(=O)Nc2cccc(S(=O)(=O)N3CCOCC3)c2)c1C. The van der Waals surface area contributed by atoms with E-state index in [0.29, 0.717) is 24.3 Å². The minimum atomic E-state index is -4.09. The number of nitrogens with one attached hydrogen (secondary N) is 1. The molecule has 0 aromatic heterocycles. The number of hydrogen-bond donors (Lipinski definition) is 1. The van der Waals surface area contributed by atoms with Crippen LogP contribution in [0.3, 0.4) is 0 Å². The van der Waals surface area contributed by atoms with Crippen molar-refractivity contribution in [3.05, 3.63) is 88.0 Å². The fraction of sp³-hybridized carbons (Fsp3) is 0.367. The maximum absolute atomic E-state index is 14.3. The lowest BCUT2D eigenvalue weighted by atomic mass is 9.95. The van der Waals surface area contributed by atoms with Crippen LogP contribution < -0.4 is 5.32 Å². The molecule has 2 aliphatic rings. The number of rotatable bonds is 6. The van der Waals surface area contributed by atoms with E-state index in [-0.39, 0.29) is 41.5 Å². The van der Waals surface area contributed by atoms with Crippen molar-refractivity contribution in [2.24, 2.45) is 0 Å². The number of hydrogen-bond acceptors (Lipinski definition) is 6. The highest BCUT2D eigenvalue weighted by Crippen LogP contribution is 2.34. The molecule has 0 radical (unpaired) electrons. The van der Waals surface area contributed by atoms with Crippen LogP contribution in [-0.4, -0.2) is 63.7 Å². The van der Waals surface area contributed by atoms with Crippen LogP contribution in [0.25, 0.3) is 0 Å². The second-order valence-electron chi connectivity index (χ2n) is 10.7. The molecule has 2 aliphatic heterocycles. The van der Waals surface area contributed by atoms with Gasteiger partial charge in [0.15, 0.2) is 0 Å². The largest absolute Gasteiger partial charge is 0.379 e. The maximum Gasteiger partial charge on any atom is 0.244 e. The van der Waals surface area contributed by atoms with Crippen molar-refractivity contribution in [2.45, 2.75) is 56.5 Å². The van der Waals surface area contributed by atoms with Gasteiger partial charge in [0.05, 0.1) is 23.0 Å². The number of aryl methyl sites for hydroxylation is 2. The molecule has 0 unspecified atom stereocenters. The molecule has 1 amide bonds. The standard InChI is InChI=1S/C30H35N3O6S2/c1-20-16-21(2)23(4)29(22(20)3)41(37,38)33-19-25-9-6-5-8-24(25)17-28(33)30(34)31-26-10-7-11-27(18-26)40(35,36)32-12-14-39-15-13-32/h5-11,16,18,28H,12-15,17,19H2,1-4H3,(H,31,34)/t28-/m0/s1. The van der Waals surface area contributed by atoms with Crippen LogP contribution in [0.5, 0.6) is 0 Å². The van der Waals surface area contributed by atoms with Crippen molar-refractivity contribution in [1.29, 1.82) is 0 Å². The molecule has 1 fully saturated rings. The maximum atomic E-state index is 14.3. The lowest BCUT2D eigenvalue weighted by Gasteiger charge is -2.36. The first-order valence-corrected chi connectivity index (χ1v) is 16.4. The summed E-state index contributed by atoms with van der Waals surface area (Å²) in [4.78, 5) is 14.1. The third kappa shape index (κ3) is 5.56. The molecule has 2 heterocycles. The molecule has 0 spiro atoms. The Labute approximate surface area is 242 Å². The Kier molecular flexibility index (Phi) is 8.10. The van der Waals surface area contributed by atoms with Gasteiger partial charge in [-0.3, -0.25) is 4.79 Å². The molecule has 218 valence electrons. The van der Waals surface area contributed by atoms with Gasteiger partial charge >= 0.3 is 0 Å². The van der Waals surface area contributed by atoms with Crippen molar-refractivity contribution in [1.82, 2.24) is 8.61 Å². The molecule has 3 aromatic rings. The van der Waals surface area contributed by atoms with Gasteiger partial charge in [0.2, 0.25) is 26.0 Å². The van der Waals surface area contributed by atoms with Gasteiger partial charge in [-0.15, -0.1) is 0 Å². The number of carbonyl (C=O) groups excluding carboxylic acids is 1. The van der Waals surface area contributed by atoms with Crippen LogP contribution in [0.15, 0.2) is 64.4 Å². The van der Waals surface area contributed by atoms with Crippen molar-refractivity contribution in [3.63, 3.8) is 0 Å². The molecule has 41 heavy (non-hydrogen) atoms. The number of carbonyl (C=O) groups is 1. The van der Waals surface area contributed by atoms with Gasteiger partial charge in [-0.25, -0.2) is 16.8 Å². The monoisotopic (exact) mass is 597 g/mol. The van der Waals surface area contributed by atoms with Crippen molar-refractivity contribution < 1.29 is 26.4 Å². The zero-order valence-corrected chi connectivity index (χ0v) is 25.3. The minimum absolute atomic E-state index is 0.0495. The molecule has 1 N–H and O–H groups in total. The highest BCUT2D eigenvalue weighted by molar-refractivity contribution is 7.89. The molecule has 1 atom stereocenters. The van der Waals surface area contributed by atoms with E-state index in [1.807, 2.05) is 44.2 Å². The summed E-state index contributed by atoms with van der Waals surface area (Å²) in [6.07, 6.45) is 0.190. The fourth-order valence-corrected chi connectivity index (χ4v) is 9.15. The summed E-state index contributed by atoms with van der Waals surface area (Å²) < 4.78 is 63.0. The number of benzene rings is 3. The number of morpholine rings is 1. The molecule has 0 saturated carbocycles. The highest BCUT2D eigenvalue weighted by atomic mass is 32.2. The van der Waals surface area contributed by atoms with Crippen molar-refractivity contribution in [3.8, 4) is 0 Å². The Balaban J connectivity index is 1.50. The van der Waals surface area contributed by atoms with Gasteiger partial charge in [-0.05, 0) is 85.7 Å². The first-order valence-electron chi connectivity index (χ1n) is 13.6. The Morgan fingerprint density at radius 2 is 1.46 bits per heavy atom. The molecule has 9 nitrogen and oxygen atoms in total. The zero-order chi connectivity index (χ0) is 29.5. The Bertz CT molecular complexity index is 1690. The Morgan fingerprint density at radius 3 is 2.12 bits per heavy atom. The molecule has 5 rings (SSSR count). The van der Waals surface area contributed by atoms with E-state index in [1.165, 1.54) is 20.7 Å². The van der Waals surface area contributed by atoms with Gasteiger partial charge < -0.3 is 10.1 Å². The predicted octanol–water partition coefficient (Wildman–Crippen LogP) is 3.70. The summed E-state index contributed by atoms with van der Waals surface area (Å²) in [5.41, 5.74) is 5.07. The number of fused-ring (bicyclic) bond motifs is 1. The zero-order valence-electron chi connectivity index (χ0n) is 23.7. The summed E-state index contributed by atoms with van der Waals surface area (Å²) in [6.45, 7) is 8.56. The first kappa shape index (κ1) is 29.4. The lowest BCUT2D eigenvalue weighted by Crippen LogP contribution is -2.50. The first-order chi connectivity index (χ1) is 19.4. The molecule has 1 saturated heterocycles. The second-order valence-corrected chi connectivity index (χ2v) is 14.4. The summed E-state index contributed by atoms with van der Waals surface area (Å²) in [5, 5.41) is 2.81. The summed E-state index contributed by atoms with van der Waals surface area (Å²) in [6, 6.07) is 14.5.